The van der Waals surface area contributed by atoms with Gasteiger partial charge < -0.3 is 13.9 Å². The first-order chi connectivity index (χ1) is 16.2. The smallest absolute Gasteiger partial charge is 0.271 e. The molecule has 1 amide bonds. The van der Waals surface area contributed by atoms with E-state index in [4.69, 9.17) is 4.42 Å². The summed E-state index contributed by atoms with van der Waals surface area (Å²) in [6.07, 6.45) is 1.68. The number of rotatable bonds is 7. The normalized spacial score (nSPS) is 11.1. The number of fused-ring (bicyclic) bond motifs is 1. The lowest BCUT2D eigenvalue weighted by atomic mass is 10.1. The van der Waals surface area contributed by atoms with Gasteiger partial charge in [-0.25, -0.2) is 0 Å². The summed E-state index contributed by atoms with van der Waals surface area (Å²) in [5.74, 6) is -0.0114. The first-order valence-corrected chi connectivity index (χ1v) is 11.2. The van der Waals surface area contributed by atoms with Gasteiger partial charge in [-0.2, -0.15) is 0 Å². The lowest BCUT2D eigenvalue weighted by Crippen LogP contribution is -2.32. The van der Waals surface area contributed by atoms with Crippen LogP contribution in [0.4, 0.5) is 0 Å². The summed E-state index contributed by atoms with van der Waals surface area (Å²) in [7, 11) is 0. The van der Waals surface area contributed by atoms with Crippen molar-refractivity contribution in [2.24, 2.45) is 0 Å². The van der Waals surface area contributed by atoms with Crippen molar-refractivity contribution >= 4 is 17.0 Å². The van der Waals surface area contributed by atoms with E-state index in [0.717, 1.165) is 22.2 Å². The maximum atomic E-state index is 14.0. The summed E-state index contributed by atoms with van der Waals surface area (Å²) in [5, 5.41) is 0. The molecule has 4 nitrogen and oxygen atoms in total. The van der Waals surface area contributed by atoms with Gasteiger partial charge in [0.25, 0.3) is 5.91 Å². The van der Waals surface area contributed by atoms with Gasteiger partial charge in [-0.05, 0) is 29.2 Å². The number of aromatic nitrogens is 1. The first kappa shape index (κ1) is 20.8. The fourth-order valence-corrected chi connectivity index (χ4v) is 4.25. The van der Waals surface area contributed by atoms with Crippen LogP contribution in [0.2, 0.25) is 0 Å². The third-order valence-corrected chi connectivity index (χ3v) is 6.05. The lowest BCUT2D eigenvalue weighted by Gasteiger charge is -2.24. The minimum atomic E-state index is -0.0114. The van der Waals surface area contributed by atoms with Crippen molar-refractivity contribution < 1.29 is 9.21 Å². The number of hydrogen-bond acceptors (Lipinski definition) is 2. The maximum absolute atomic E-state index is 14.0. The summed E-state index contributed by atoms with van der Waals surface area (Å²) < 4.78 is 7.76. The molecule has 0 fully saturated rings. The Balaban J connectivity index is 1.54. The highest BCUT2D eigenvalue weighted by Crippen LogP contribution is 2.25. The van der Waals surface area contributed by atoms with E-state index in [1.54, 1.807) is 6.26 Å². The van der Waals surface area contributed by atoms with E-state index in [9.17, 15) is 4.79 Å². The van der Waals surface area contributed by atoms with Gasteiger partial charge in [0, 0.05) is 31.8 Å². The molecule has 5 aromatic rings. The zero-order valence-electron chi connectivity index (χ0n) is 18.6. The standard InChI is InChI=1S/C29H26N2O2/c1-22-10-8-9-15-25(22)21-31-26-16-17-33-28(26)18-27(31)29(32)30(19-23-11-4-2-5-12-23)20-24-13-6-3-7-14-24/h2-18H,19-21H2,1H3. The predicted molar refractivity (Wildman–Crippen MR) is 131 cm³/mol. The average Bonchev–Trinajstić information content (AvgIpc) is 3.43. The highest BCUT2D eigenvalue weighted by Gasteiger charge is 2.23. The minimum absolute atomic E-state index is 0.0114. The molecule has 0 spiro atoms. The van der Waals surface area contributed by atoms with E-state index in [0.29, 0.717) is 25.3 Å². The molecule has 0 N–H and O–H groups in total. The molecule has 33 heavy (non-hydrogen) atoms. The van der Waals surface area contributed by atoms with E-state index in [-0.39, 0.29) is 5.91 Å². The quantitative estimate of drug-likeness (QED) is 0.296. The Kier molecular flexibility index (Phi) is 5.81. The van der Waals surface area contributed by atoms with Crippen LogP contribution in [0.15, 0.2) is 108 Å². The molecule has 0 saturated heterocycles. The molecule has 2 aromatic heterocycles. The Morgan fingerprint density at radius 1 is 0.818 bits per heavy atom. The van der Waals surface area contributed by atoms with E-state index < -0.39 is 0 Å². The number of hydrogen-bond donors (Lipinski definition) is 0. The number of furan rings is 1. The van der Waals surface area contributed by atoms with Crippen LogP contribution in [0.5, 0.6) is 0 Å². The van der Waals surface area contributed by atoms with Gasteiger partial charge in [0.15, 0.2) is 5.58 Å². The summed E-state index contributed by atoms with van der Waals surface area (Å²) in [6.45, 7) is 3.78. The molecule has 2 heterocycles. The van der Waals surface area contributed by atoms with Crippen LogP contribution in [0.1, 0.15) is 32.7 Å². The molecule has 164 valence electrons. The molecule has 3 aromatic carbocycles. The third-order valence-electron chi connectivity index (χ3n) is 6.05. The van der Waals surface area contributed by atoms with Gasteiger partial charge in [-0.1, -0.05) is 84.9 Å². The molecule has 0 unspecified atom stereocenters. The minimum Gasteiger partial charge on any atom is -0.463 e. The van der Waals surface area contributed by atoms with E-state index in [1.807, 2.05) is 65.6 Å². The Morgan fingerprint density at radius 2 is 1.42 bits per heavy atom. The predicted octanol–water partition coefficient (Wildman–Crippen LogP) is 6.43. The van der Waals surface area contributed by atoms with E-state index in [2.05, 4.69) is 47.9 Å². The Labute approximate surface area is 193 Å². The van der Waals surface area contributed by atoms with E-state index >= 15 is 0 Å². The molecule has 4 heteroatoms. The van der Waals surface area contributed by atoms with Crippen molar-refractivity contribution in [1.29, 1.82) is 0 Å². The van der Waals surface area contributed by atoms with Gasteiger partial charge in [0.1, 0.15) is 5.69 Å². The monoisotopic (exact) mass is 434 g/mol. The van der Waals surface area contributed by atoms with Gasteiger partial charge in [0.2, 0.25) is 0 Å². The molecule has 0 radical (unpaired) electrons. The van der Waals surface area contributed by atoms with Crippen molar-refractivity contribution in [3.05, 3.63) is 131 Å². The van der Waals surface area contributed by atoms with Crippen LogP contribution < -0.4 is 0 Å². The fraction of sp³-hybridized carbons (Fsp3) is 0.138. The second-order valence-corrected chi connectivity index (χ2v) is 8.34. The van der Waals surface area contributed by atoms with Crippen LogP contribution >= 0.6 is 0 Å². The van der Waals surface area contributed by atoms with Crippen molar-refractivity contribution in [2.75, 3.05) is 0 Å². The van der Waals surface area contributed by atoms with Gasteiger partial charge in [-0.15, -0.1) is 0 Å². The Morgan fingerprint density at radius 3 is 2.06 bits per heavy atom. The SMILES string of the molecule is Cc1ccccc1Cn1c(C(=O)N(Cc2ccccc2)Cc2ccccc2)cc2occc21. The molecule has 0 aliphatic carbocycles. The van der Waals surface area contributed by atoms with Gasteiger partial charge in [-0.3, -0.25) is 4.79 Å². The molecule has 0 bridgehead atoms. The van der Waals surface area contributed by atoms with Crippen LogP contribution in [-0.4, -0.2) is 15.4 Å². The fourth-order valence-electron chi connectivity index (χ4n) is 4.25. The molecular weight excluding hydrogens is 408 g/mol. The number of carbonyl (C=O) groups is 1. The van der Waals surface area contributed by atoms with Crippen molar-refractivity contribution in [2.45, 2.75) is 26.6 Å². The number of benzene rings is 3. The van der Waals surface area contributed by atoms with Crippen molar-refractivity contribution in [3.8, 4) is 0 Å². The number of carbonyl (C=O) groups excluding carboxylic acids is 1. The van der Waals surface area contributed by atoms with Crippen LogP contribution in [0.3, 0.4) is 0 Å². The Hall–Kier alpha value is -4.05. The van der Waals surface area contributed by atoms with Gasteiger partial charge >= 0.3 is 0 Å². The summed E-state index contributed by atoms with van der Waals surface area (Å²) in [6, 6.07) is 32.4. The highest BCUT2D eigenvalue weighted by molar-refractivity contribution is 5.97. The molecule has 5 rings (SSSR count). The topological polar surface area (TPSA) is 38.4 Å². The van der Waals surface area contributed by atoms with Crippen LogP contribution in [0.25, 0.3) is 11.1 Å². The number of aryl methyl sites for hydroxylation is 1. The first-order valence-electron chi connectivity index (χ1n) is 11.2. The maximum Gasteiger partial charge on any atom is 0.271 e. The van der Waals surface area contributed by atoms with E-state index in [1.165, 1.54) is 11.1 Å². The van der Waals surface area contributed by atoms with Crippen LogP contribution in [0, 0.1) is 6.92 Å². The van der Waals surface area contributed by atoms with Crippen molar-refractivity contribution in [3.63, 3.8) is 0 Å². The second-order valence-electron chi connectivity index (χ2n) is 8.34. The molecular formula is C29H26N2O2. The second kappa shape index (κ2) is 9.21. The number of nitrogens with zero attached hydrogens (tertiary/aromatic N) is 2. The summed E-state index contributed by atoms with van der Waals surface area (Å²) in [4.78, 5) is 15.9. The van der Waals surface area contributed by atoms with Crippen LogP contribution in [-0.2, 0) is 19.6 Å². The Bertz CT molecular complexity index is 1330. The molecule has 0 atom stereocenters. The number of amides is 1. The molecule has 0 aliphatic heterocycles. The molecule has 0 saturated carbocycles. The zero-order chi connectivity index (χ0) is 22.6. The molecule has 0 aliphatic rings. The summed E-state index contributed by atoms with van der Waals surface area (Å²) >= 11 is 0. The van der Waals surface area contributed by atoms with Crippen molar-refractivity contribution in [1.82, 2.24) is 9.47 Å². The third kappa shape index (κ3) is 4.46. The largest absolute Gasteiger partial charge is 0.463 e. The zero-order valence-corrected chi connectivity index (χ0v) is 18.6. The average molecular weight is 435 g/mol. The summed E-state index contributed by atoms with van der Waals surface area (Å²) in [5.41, 5.74) is 6.88. The lowest BCUT2D eigenvalue weighted by molar-refractivity contribution is 0.0720. The highest BCUT2D eigenvalue weighted by atomic mass is 16.3. The van der Waals surface area contributed by atoms with Gasteiger partial charge in [0.05, 0.1) is 11.8 Å².